The van der Waals surface area contributed by atoms with Crippen LogP contribution in [-0.4, -0.2) is 36.2 Å². The fraction of sp³-hybridized carbons (Fsp3) is 0.350. The molecule has 3 rings (SSSR count). The minimum absolute atomic E-state index is 0.115. The lowest BCUT2D eigenvalue weighted by Gasteiger charge is -2.18. The van der Waals surface area contributed by atoms with Gasteiger partial charge in [0.1, 0.15) is 23.4 Å². The second-order valence-electron chi connectivity index (χ2n) is 7.12. The number of benzene rings is 1. The third-order valence-electron chi connectivity index (χ3n) is 4.97. The van der Waals surface area contributed by atoms with Crippen molar-refractivity contribution in [2.75, 3.05) is 5.32 Å². The van der Waals surface area contributed by atoms with E-state index in [1.54, 1.807) is 50.0 Å². The number of aryl methyl sites for hydroxylation is 3. The number of carbonyl (C=O) groups excluding carboxylic acids is 1. The van der Waals surface area contributed by atoms with Gasteiger partial charge in [0, 0.05) is 26.0 Å². The van der Waals surface area contributed by atoms with Crippen molar-refractivity contribution in [3.05, 3.63) is 63.6 Å². The molecule has 0 aliphatic heterocycles. The van der Waals surface area contributed by atoms with E-state index in [9.17, 15) is 19.3 Å². The van der Waals surface area contributed by atoms with Crippen LogP contribution in [0.3, 0.4) is 0 Å². The second kappa shape index (κ2) is 8.94. The molecule has 0 unspecified atom stereocenters. The molecule has 2 heterocycles. The van der Waals surface area contributed by atoms with Crippen LogP contribution in [0.1, 0.15) is 30.4 Å². The van der Waals surface area contributed by atoms with Crippen LogP contribution < -0.4 is 10.6 Å². The predicted molar refractivity (Wildman–Crippen MR) is 112 cm³/mol. The first-order valence-corrected chi connectivity index (χ1v) is 9.73. The third kappa shape index (κ3) is 4.55. The second-order valence-corrected chi connectivity index (χ2v) is 7.12. The van der Waals surface area contributed by atoms with Crippen molar-refractivity contribution < 1.29 is 14.1 Å². The number of hydrogen-bond donors (Lipinski definition) is 2. The summed E-state index contributed by atoms with van der Waals surface area (Å²) in [4.78, 5) is 27.6. The van der Waals surface area contributed by atoms with Crippen molar-refractivity contribution in [3.8, 4) is 5.69 Å². The summed E-state index contributed by atoms with van der Waals surface area (Å²) in [7, 11) is 1.57. The molecule has 0 saturated carbocycles. The van der Waals surface area contributed by atoms with E-state index in [2.05, 4.69) is 20.7 Å². The Morgan fingerprint density at radius 1 is 1.35 bits per heavy atom. The third-order valence-corrected chi connectivity index (χ3v) is 4.97. The van der Waals surface area contributed by atoms with Gasteiger partial charge in [-0.1, -0.05) is 13.0 Å². The zero-order chi connectivity index (χ0) is 22.7. The number of nitrogens with zero attached hydrogens (tertiary/aromatic N) is 5. The van der Waals surface area contributed by atoms with E-state index in [1.165, 1.54) is 17.7 Å². The summed E-state index contributed by atoms with van der Waals surface area (Å²) in [5, 5.41) is 21.1. The molecule has 31 heavy (non-hydrogen) atoms. The van der Waals surface area contributed by atoms with E-state index in [0.29, 0.717) is 23.5 Å². The highest BCUT2D eigenvalue weighted by atomic mass is 19.1. The van der Waals surface area contributed by atoms with Crippen LogP contribution in [0.2, 0.25) is 0 Å². The minimum Gasteiger partial charge on any atom is -0.353 e. The first-order valence-electron chi connectivity index (χ1n) is 9.73. The number of hydrogen-bond acceptors (Lipinski definition) is 6. The molecule has 0 aliphatic rings. The number of halogens is 1. The van der Waals surface area contributed by atoms with Gasteiger partial charge >= 0.3 is 5.69 Å². The first kappa shape index (κ1) is 21.9. The van der Waals surface area contributed by atoms with E-state index in [4.69, 9.17) is 0 Å². The fourth-order valence-corrected chi connectivity index (χ4v) is 3.35. The zero-order valence-corrected chi connectivity index (χ0v) is 17.7. The van der Waals surface area contributed by atoms with Gasteiger partial charge in [-0.05, 0) is 38.0 Å². The van der Waals surface area contributed by atoms with Crippen molar-refractivity contribution >= 4 is 17.4 Å². The number of anilines is 1. The van der Waals surface area contributed by atoms with Crippen molar-refractivity contribution in [1.29, 1.82) is 0 Å². The lowest BCUT2D eigenvalue weighted by molar-refractivity contribution is -0.384. The van der Waals surface area contributed by atoms with Gasteiger partial charge in [-0.25, -0.2) is 14.1 Å². The van der Waals surface area contributed by atoms with E-state index in [1.807, 2.05) is 0 Å². The normalized spacial score (nSPS) is 11.9. The summed E-state index contributed by atoms with van der Waals surface area (Å²) >= 11 is 0. The Labute approximate surface area is 178 Å². The predicted octanol–water partition coefficient (Wildman–Crippen LogP) is 2.78. The molecule has 164 valence electrons. The smallest absolute Gasteiger partial charge is 0.333 e. The van der Waals surface area contributed by atoms with E-state index in [-0.39, 0.29) is 29.7 Å². The Kier molecular flexibility index (Phi) is 6.33. The summed E-state index contributed by atoms with van der Waals surface area (Å²) in [6.07, 6.45) is 3.65. The van der Waals surface area contributed by atoms with Crippen molar-refractivity contribution in [2.24, 2.45) is 7.05 Å². The Hall–Kier alpha value is -3.76. The summed E-state index contributed by atoms with van der Waals surface area (Å²) in [5.74, 6) is 0.0384. The van der Waals surface area contributed by atoms with Crippen LogP contribution in [0.15, 0.2) is 30.6 Å². The Bertz CT molecular complexity index is 1120. The number of carbonyl (C=O) groups is 1. The van der Waals surface area contributed by atoms with Crippen LogP contribution in [0.5, 0.6) is 0 Å². The van der Waals surface area contributed by atoms with Gasteiger partial charge in [-0.15, -0.1) is 0 Å². The molecule has 2 N–H and O–H groups in total. The minimum atomic E-state index is -0.716. The van der Waals surface area contributed by atoms with Crippen molar-refractivity contribution in [1.82, 2.24) is 24.6 Å². The molecule has 1 aromatic carbocycles. The lowest BCUT2D eigenvalue weighted by atomic mass is 10.1. The number of nitro groups is 1. The molecular weight excluding hydrogens is 405 g/mol. The molecule has 0 bridgehead atoms. The molecular formula is C20H24FN7O3. The maximum absolute atomic E-state index is 14.5. The monoisotopic (exact) mass is 429 g/mol. The SMILES string of the molecule is CC[C@@H](Nc1c([N+](=O)[O-])c(C)nn1C)C(=O)NCc1ccc(-n2ccnc2C)c(F)c1. The van der Waals surface area contributed by atoms with Crippen LogP contribution in [0, 0.1) is 29.8 Å². The van der Waals surface area contributed by atoms with Crippen LogP contribution in [0.4, 0.5) is 15.9 Å². The Morgan fingerprint density at radius 3 is 2.68 bits per heavy atom. The molecule has 0 aliphatic carbocycles. The summed E-state index contributed by atoms with van der Waals surface area (Å²) in [5.41, 5.74) is 1.05. The summed E-state index contributed by atoms with van der Waals surface area (Å²) < 4.78 is 17.5. The number of imidazole rings is 1. The number of amides is 1. The highest BCUT2D eigenvalue weighted by Crippen LogP contribution is 2.28. The van der Waals surface area contributed by atoms with Gasteiger partial charge < -0.3 is 15.2 Å². The van der Waals surface area contributed by atoms with Crippen LogP contribution >= 0.6 is 0 Å². The van der Waals surface area contributed by atoms with Crippen LogP contribution in [0.25, 0.3) is 5.69 Å². The Morgan fingerprint density at radius 2 is 2.10 bits per heavy atom. The maximum Gasteiger partial charge on any atom is 0.333 e. The fourth-order valence-electron chi connectivity index (χ4n) is 3.35. The molecule has 10 nitrogen and oxygen atoms in total. The van der Waals surface area contributed by atoms with Gasteiger partial charge in [0.15, 0.2) is 0 Å². The quantitative estimate of drug-likeness (QED) is 0.420. The summed E-state index contributed by atoms with van der Waals surface area (Å²) in [6.45, 7) is 5.21. The van der Waals surface area contributed by atoms with Gasteiger partial charge in [0.05, 0.1) is 10.6 Å². The standard InChI is InChI=1S/C20H24FN7O3/c1-5-16(24-19-18(28(30)31)12(2)25-26(19)4)20(29)23-11-14-6-7-17(15(21)10-14)27-9-8-22-13(27)3/h6-10,16,24H,5,11H2,1-4H3,(H,23,29)/t16-/m1/s1. The molecule has 0 fully saturated rings. The Balaban J connectivity index is 1.69. The largest absolute Gasteiger partial charge is 0.353 e. The number of rotatable bonds is 8. The lowest BCUT2D eigenvalue weighted by Crippen LogP contribution is -2.39. The highest BCUT2D eigenvalue weighted by Gasteiger charge is 2.27. The van der Waals surface area contributed by atoms with Gasteiger partial charge in [-0.3, -0.25) is 14.9 Å². The number of nitrogens with one attached hydrogen (secondary N) is 2. The van der Waals surface area contributed by atoms with E-state index < -0.39 is 16.8 Å². The molecule has 0 saturated heterocycles. The average Bonchev–Trinajstić information content (AvgIpc) is 3.26. The van der Waals surface area contributed by atoms with Crippen molar-refractivity contribution in [2.45, 2.75) is 39.8 Å². The van der Waals surface area contributed by atoms with Crippen molar-refractivity contribution in [3.63, 3.8) is 0 Å². The van der Waals surface area contributed by atoms with E-state index >= 15 is 0 Å². The van der Waals surface area contributed by atoms with Gasteiger partial charge in [-0.2, -0.15) is 5.10 Å². The average molecular weight is 429 g/mol. The number of aromatic nitrogens is 4. The van der Waals surface area contributed by atoms with E-state index in [0.717, 1.165) is 0 Å². The summed E-state index contributed by atoms with van der Waals surface area (Å²) in [6, 6.07) is 4.00. The first-order chi connectivity index (χ1) is 14.7. The molecule has 11 heteroatoms. The molecule has 3 aromatic rings. The molecule has 1 amide bonds. The topological polar surface area (TPSA) is 120 Å². The maximum atomic E-state index is 14.5. The molecule has 0 spiro atoms. The molecule has 1 atom stereocenters. The van der Waals surface area contributed by atoms with Crippen LogP contribution in [-0.2, 0) is 18.4 Å². The van der Waals surface area contributed by atoms with Gasteiger partial charge in [0.2, 0.25) is 11.7 Å². The molecule has 0 radical (unpaired) electrons. The highest BCUT2D eigenvalue weighted by molar-refractivity contribution is 5.85. The zero-order valence-electron chi connectivity index (χ0n) is 17.7. The molecule has 2 aromatic heterocycles. The van der Waals surface area contributed by atoms with Gasteiger partial charge in [0.25, 0.3) is 0 Å².